The summed E-state index contributed by atoms with van der Waals surface area (Å²) in [6.07, 6.45) is 6.28. The molecule has 1 atom stereocenters. The van der Waals surface area contributed by atoms with E-state index >= 15 is 0 Å². The molecule has 0 spiro atoms. The molecule has 1 nitrogen and oxygen atoms in total. The van der Waals surface area contributed by atoms with Crippen LogP contribution in [-0.4, -0.2) is 23.4 Å². The molecule has 0 bridgehead atoms. The van der Waals surface area contributed by atoms with Crippen LogP contribution in [0, 0.1) is 0 Å². The summed E-state index contributed by atoms with van der Waals surface area (Å²) in [4.78, 5) is 2.62. The summed E-state index contributed by atoms with van der Waals surface area (Å²) < 4.78 is 0. The molecule has 1 aliphatic rings. The third-order valence-corrected chi connectivity index (χ3v) is 4.23. The van der Waals surface area contributed by atoms with E-state index in [4.69, 9.17) is 11.6 Å². The van der Waals surface area contributed by atoms with Gasteiger partial charge in [-0.3, -0.25) is 4.90 Å². The maximum atomic E-state index is 5.92. The molecule has 0 aliphatic carbocycles. The number of rotatable bonds is 5. The van der Waals surface area contributed by atoms with Crippen LogP contribution in [0.5, 0.6) is 0 Å². The van der Waals surface area contributed by atoms with E-state index in [1.807, 2.05) is 0 Å². The van der Waals surface area contributed by atoms with Gasteiger partial charge in [-0.2, -0.15) is 0 Å². The van der Waals surface area contributed by atoms with E-state index < -0.39 is 0 Å². The molecular formula is C16H24ClN. The minimum atomic E-state index is 0.696. The number of hydrogen-bond acceptors (Lipinski definition) is 1. The van der Waals surface area contributed by atoms with E-state index in [0.717, 1.165) is 25.3 Å². The summed E-state index contributed by atoms with van der Waals surface area (Å²) in [5.41, 5.74) is 2.86. The first-order valence-corrected chi connectivity index (χ1v) is 7.74. The molecule has 100 valence electrons. The number of benzene rings is 1. The first kappa shape index (κ1) is 13.9. The summed E-state index contributed by atoms with van der Waals surface area (Å²) in [6.45, 7) is 4.53. The summed E-state index contributed by atoms with van der Waals surface area (Å²) in [6, 6.07) is 9.78. The highest BCUT2D eigenvalue weighted by molar-refractivity contribution is 6.17. The van der Waals surface area contributed by atoms with Gasteiger partial charge in [0.05, 0.1) is 0 Å². The third kappa shape index (κ3) is 3.73. The Labute approximate surface area is 116 Å². The van der Waals surface area contributed by atoms with E-state index in [1.165, 1.54) is 36.9 Å². The molecule has 1 aromatic carbocycles. The largest absolute Gasteiger partial charge is 0.296 e. The fourth-order valence-electron chi connectivity index (χ4n) is 2.84. The van der Waals surface area contributed by atoms with Crippen molar-refractivity contribution in [2.75, 3.05) is 12.4 Å². The molecule has 1 heterocycles. The van der Waals surface area contributed by atoms with Crippen LogP contribution in [-0.2, 0) is 13.0 Å². The highest BCUT2D eigenvalue weighted by Crippen LogP contribution is 2.22. The van der Waals surface area contributed by atoms with Crippen LogP contribution in [0.3, 0.4) is 0 Å². The molecule has 0 N–H and O–H groups in total. The fraction of sp³-hybridized carbons (Fsp3) is 0.625. The van der Waals surface area contributed by atoms with Crippen LogP contribution in [0.15, 0.2) is 24.3 Å². The van der Waals surface area contributed by atoms with Crippen molar-refractivity contribution < 1.29 is 0 Å². The smallest absolute Gasteiger partial charge is 0.0238 e. The van der Waals surface area contributed by atoms with Crippen molar-refractivity contribution in [1.82, 2.24) is 4.90 Å². The molecule has 1 aromatic rings. The quantitative estimate of drug-likeness (QED) is 0.720. The van der Waals surface area contributed by atoms with Crippen molar-refractivity contribution in [2.24, 2.45) is 0 Å². The van der Waals surface area contributed by atoms with Gasteiger partial charge in [0.1, 0.15) is 0 Å². The molecule has 2 rings (SSSR count). The van der Waals surface area contributed by atoms with E-state index in [9.17, 15) is 0 Å². The Morgan fingerprint density at radius 2 is 1.89 bits per heavy atom. The van der Waals surface area contributed by atoms with Crippen molar-refractivity contribution in [3.05, 3.63) is 35.4 Å². The number of nitrogens with zero attached hydrogens (tertiary/aromatic N) is 1. The SMILES string of the molecule is CCc1ccc(CN2CCCCC2CCCl)cc1. The Morgan fingerprint density at radius 3 is 2.56 bits per heavy atom. The zero-order valence-corrected chi connectivity index (χ0v) is 12.1. The minimum absolute atomic E-state index is 0.696. The normalized spacial score (nSPS) is 21.1. The Kier molecular flexibility index (Phi) is 5.52. The maximum absolute atomic E-state index is 5.92. The zero-order chi connectivity index (χ0) is 12.8. The summed E-state index contributed by atoms with van der Waals surface area (Å²) in [5.74, 6) is 0.788. The second-order valence-electron chi connectivity index (χ2n) is 5.27. The van der Waals surface area contributed by atoms with Crippen LogP contribution < -0.4 is 0 Å². The molecule has 0 amide bonds. The number of halogens is 1. The van der Waals surface area contributed by atoms with E-state index in [2.05, 4.69) is 36.1 Å². The third-order valence-electron chi connectivity index (χ3n) is 4.01. The highest BCUT2D eigenvalue weighted by Gasteiger charge is 2.21. The second kappa shape index (κ2) is 7.16. The van der Waals surface area contributed by atoms with Crippen LogP contribution in [0.2, 0.25) is 0 Å². The predicted octanol–water partition coefficient (Wildman–Crippen LogP) is 4.23. The van der Waals surface area contributed by atoms with Gasteiger partial charge in [0.25, 0.3) is 0 Å². The molecule has 0 radical (unpaired) electrons. The lowest BCUT2D eigenvalue weighted by molar-refractivity contribution is 0.137. The van der Waals surface area contributed by atoms with Crippen LogP contribution in [0.1, 0.15) is 43.7 Å². The highest BCUT2D eigenvalue weighted by atomic mass is 35.5. The van der Waals surface area contributed by atoms with Crippen molar-refractivity contribution in [3.63, 3.8) is 0 Å². The van der Waals surface area contributed by atoms with Crippen molar-refractivity contribution in [1.29, 1.82) is 0 Å². The Balaban J connectivity index is 1.96. The number of likely N-dealkylation sites (tertiary alicyclic amines) is 1. The standard InChI is InChI=1S/C16H24ClN/c1-2-14-6-8-15(9-7-14)13-18-12-4-3-5-16(18)10-11-17/h6-9,16H,2-5,10-13H2,1H3. The molecular weight excluding hydrogens is 242 g/mol. The van der Waals surface area contributed by atoms with Gasteiger partial charge in [-0.25, -0.2) is 0 Å². The van der Waals surface area contributed by atoms with Gasteiger partial charge in [-0.05, 0) is 43.4 Å². The molecule has 0 saturated carbocycles. The molecule has 1 saturated heterocycles. The molecule has 1 unspecified atom stereocenters. The molecule has 0 aromatic heterocycles. The Morgan fingerprint density at radius 1 is 1.17 bits per heavy atom. The van der Waals surface area contributed by atoms with Crippen molar-refractivity contribution in [2.45, 2.75) is 51.6 Å². The number of hydrogen-bond donors (Lipinski definition) is 0. The average Bonchev–Trinajstić information content (AvgIpc) is 2.42. The number of aryl methyl sites for hydroxylation is 1. The second-order valence-corrected chi connectivity index (χ2v) is 5.65. The summed E-state index contributed by atoms with van der Waals surface area (Å²) in [7, 11) is 0. The van der Waals surface area contributed by atoms with Crippen molar-refractivity contribution >= 4 is 11.6 Å². The Hall–Kier alpha value is -0.530. The van der Waals surface area contributed by atoms with Gasteiger partial charge in [0.15, 0.2) is 0 Å². The molecule has 18 heavy (non-hydrogen) atoms. The van der Waals surface area contributed by atoms with Gasteiger partial charge in [-0.15, -0.1) is 11.6 Å². The monoisotopic (exact) mass is 265 g/mol. The number of piperidine rings is 1. The van der Waals surface area contributed by atoms with Crippen LogP contribution in [0.25, 0.3) is 0 Å². The van der Waals surface area contributed by atoms with Gasteiger partial charge in [-0.1, -0.05) is 37.6 Å². The minimum Gasteiger partial charge on any atom is -0.296 e. The van der Waals surface area contributed by atoms with Gasteiger partial charge < -0.3 is 0 Å². The zero-order valence-electron chi connectivity index (χ0n) is 11.4. The van der Waals surface area contributed by atoms with Gasteiger partial charge in [0.2, 0.25) is 0 Å². The lowest BCUT2D eigenvalue weighted by Crippen LogP contribution is -2.39. The average molecular weight is 266 g/mol. The molecule has 2 heteroatoms. The van der Waals surface area contributed by atoms with Gasteiger partial charge >= 0.3 is 0 Å². The van der Waals surface area contributed by atoms with Crippen LogP contribution >= 0.6 is 11.6 Å². The summed E-state index contributed by atoms with van der Waals surface area (Å²) >= 11 is 5.92. The first-order valence-electron chi connectivity index (χ1n) is 7.21. The van der Waals surface area contributed by atoms with Crippen molar-refractivity contribution in [3.8, 4) is 0 Å². The van der Waals surface area contributed by atoms with E-state index in [0.29, 0.717) is 6.04 Å². The van der Waals surface area contributed by atoms with Gasteiger partial charge in [0, 0.05) is 18.5 Å². The van der Waals surface area contributed by atoms with E-state index in [1.54, 1.807) is 0 Å². The predicted molar refractivity (Wildman–Crippen MR) is 79.2 cm³/mol. The number of alkyl halides is 1. The topological polar surface area (TPSA) is 3.24 Å². The lowest BCUT2D eigenvalue weighted by atomic mass is 9.99. The maximum Gasteiger partial charge on any atom is 0.0238 e. The summed E-state index contributed by atoms with van der Waals surface area (Å²) in [5, 5.41) is 0. The van der Waals surface area contributed by atoms with Crippen LogP contribution in [0.4, 0.5) is 0 Å². The Bertz CT molecular complexity index is 345. The molecule has 1 fully saturated rings. The van der Waals surface area contributed by atoms with E-state index in [-0.39, 0.29) is 0 Å². The molecule has 1 aliphatic heterocycles. The fourth-order valence-corrected chi connectivity index (χ4v) is 3.09. The lowest BCUT2D eigenvalue weighted by Gasteiger charge is -2.35. The first-order chi connectivity index (χ1) is 8.83.